The van der Waals surface area contributed by atoms with Gasteiger partial charge >= 0.3 is 0 Å². The quantitative estimate of drug-likeness (QED) is 0.347. The maximum atomic E-state index is 14.6. The average Bonchev–Trinajstić information content (AvgIpc) is 3.42. The molecule has 3 heterocycles. The molecule has 0 amide bonds. The summed E-state index contributed by atoms with van der Waals surface area (Å²) < 4.78 is 16.6. The van der Waals surface area contributed by atoms with Crippen LogP contribution in [0.1, 0.15) is 50.1 Å². The second-order valence-electron chi connectivity index (χ2n) is 8.68. The van der Waals surface area contributed by atoms with E-state index >= 15 is 0 Å². The minimum absolute atomic E-state index is 0. The highest BCUT2D eigenvalue weighted by molar-refractivity contribution is 6.36. The first-order valence-electron chi connectivity index (χ1n) is 10.8. The van der Waals surface area contributed by atoms with E-state index in [1.807, 2.05) is 6.07 Å². The number of H-pyrrole nitrogens is 1. The van der Waals surface area contributed by atoms with Crippen LogP contribution in [0.15, 0.2) is 36.5 Å². The van der Waals surface area contributed by atoms with Gasteiger partial charge in [-0.15, -0.1) is 12.4 Å². The molecule has 0 saturated carbocycles. The van der Waals surface area contributed by atoms with Gasteiger partial charge in [0.1, 0.15) is 5.82 Å². The normalized spacial score (nSPS) is 14.6. The summed E-state index contributed by atoms with van der Waals surface area (Å²) in [5, 5.41) is 9.93. The fourth-order valence-corrected chi connectivity index (χ4v) is 5.06. The number of hydrogen-bond acceptors (Lipinski definition) is 2. The maximum Gasteiger partial charge on any atom is 0.147 e. The first-order valence-corrected chi connectivity index (χ1v) is 11.2. The number of aromatic nitrogens is 3. The van der Waals surface area contributed by atoms with Crippen molar-refractivity contribution >= 4 is 34.9 Å². The first-order chi connectivity index (χ1) is 14.9. The van der Waals surface area contributed by atoms with Crippen molar-refractivity contribution in [1.82, 2.24) is 20.1 Å². The van der Waals surface area contributed by atoms with Crippen LogP contribution in [0, 0.1) is 5.82 Å². The Morgan fingerprint density at radius 1 is 1.12 bits per heavy atom. The molecule has 0 saturated heterocycles. The van der Waals surface area contributed by atoms with Gasteiger partial charge in [0.25, 0.3) is 0 Å². The number of nitrogens with zero attached hydrogens (tertiary/aromatic N) is 2. The number of para-hydroxylation sites is 1. The molecule has 4 aromatic rings. The van der Waals surface area contributed by atoms with Gasteiger partial charge in [0.05, 0.1) is 33.2 Å². The van der Waals surface area contributed by atoms with Crippen molar-refractivity contribution in [3.63, 3.8) is 0 Å². The minimum Gasteiger partial charge on any atom is -0.357 e. The monoisotopic (exact) mass is 472 g/mol. The Labute approximate surface area is 198 Å². The molecule has 0 atom stereocenters. The Kier molecular flexibility index (Phi) is 5.86. The lowest BCUT2D eigenvalue weighted by Gasteiger charge is -2.20. The fraction of sp³-hybridized carbons (Fsp3) is 0.320. The zero-order valence-electron chi connectivity index (χ0n) is 18.6. The number of nitrogens with one attached hydrogen (secondary N) is 2. The van der Waals surface area contributed by atoms with Gasteiger partial charge in [0.15, 0.2) is 0 Å². The van der Waals surface area contributed by atoms with Gasteiger partial charge in [0.2, 0.25) is 0 Å². The van der Waals surface area contributed by atoms with Crippen molar-refractivity contribution in [2.75, 3.05) is 0 Å². The summed E-state index contributed by atoms with van der Waals surface area (Å²) in [5.41, 5.74) is 7.83. The van der Waals surface area contributed by atoms with E-state index in [9.17, 15) is 4.39 Å². The Balaban J connectivity index is 0.00000245. The summed E-state index contributed by atoms with van der Waals surface area (Å²) in [4.78, 5) is 2.99. The molecule has 0 aliphatic carbocycles. The van der Waals surface area contributed by atoms with Crippen molar-refractivity contribution in [2.45, 2.75) is 52.6 Å². The summed E-state index contributed by atoms with van der Waals surface area (Å²) in [7, 11) is 0. The van der Waals surface area contributed by atoms with E-state index < -0.39 is 0 Å². The van der Waals surface area contributed by atoms with Crippen LogP contribution in [0.3, 0.4) is 0 Å². The van der Waals surface area contributed by atoms with Gasteiger partial charge in [-0.05, 0) is 49.9 Å². The van der Waals surface area contributed by atoms with E-state index in [2.05, 4.69) is 60.9 Å². The van der Waals surface area contributed by atoms with Crippen LogP contribution in [0.2, 0.25) is 5.02 Å². The zero-order chi connectivity index (χ0) is 21.9. The summed E-state index contributed by atoms with van der Waals surface area (Å²) in [6.07, 6.45) is 3.45. The van der Waals surface area contributed by atoms with Crippen LogP contribution < -0.4 is 5.32 Å². The number of halogens is 3. The van der Waals surface area contributed by atoms with Crippen LogP contribution in [0.4, 0.5) is 4.39 Å². The first kappa shape index (κ1) is 22.8. The lowest BCUT2D eigenvalue weighted by molar-refractivity contribution is 0.426. The molecular weight excluding hydrogens is 446 g/mol. The Bertz CT molecular complexity index is 1300. The highest BCUT2D eigenvalue weighted by Crippen LogP contribution is 2.43. The SMILES string of the molecule is CCc1cccc(CC)c1-n1nc2c(c1-c1ccc(F)c3[nH]cc(Cl)c13)CNC2(C)C.Cl. The predicted octanol–water partition coefficient (Wildman–Crippen LogP) is 6.70. The Hall–Kier alpha value is -2.34. The summed E-state index contributed by atoms with van der Waals surface area (Å²) in [6, 6.07) is 9.78. The summed E-state index contributed by atoms with van der Waals surface area (Å²) in [5.74, 6) is -0.310. The van der Waals surface area contributed by atoms with E-state index in [-0.39, 0.29) is 23.8 Å². The van der Waals surface area contributed by atoms with E-state index in [1.165, 1.54) is 17.2 Å². The second-order valence-corrected chi connectivity index (χ2v) is 9.09. The molecule has 4 nitrogen and oxygen atoms in total. The average molecular weight is 473 g/mol. The zero-order valence-corrected chi connectivity index (χ0v) is 20.2. The molecule has 0 spiro atoms. The largest absolute Gasteiger partial charge is 0.357 e. The third-order valence-electron chi connectivity index (χ3n) is 6.45. The topological polar surface area (TPSA) is 45.6 Å². The number of rotatable bonds is 4. The van der Waals surface area contributed by atoms with Gasteiger partial charge in [-0.1, -0.05) is 43.6 Å². The molecule has 2 aromatic heterocycles. The van der Waals surface area contributed by atoms with Crippen LogP contribution in [0.25, 0.3) is 27.8 Å². The molecule has 1 aliphatic heterocycles. The molecule has 0 fully saturated rings. The van der Waals surface area contributed by atoms with Crippen LogP contribution in [0.5, 0.6) is 0 Å². The Morgan fingerprint density at radius 3 is 2.47 bits per heavy atom. The lowest BCUT2D eigenvalue weighted by Crippen LogP contribution is -2.30. The third kappa shape index (κ3) is 3.26. The van der Waals surface area contributed by atoms with Crippen LogP contribution in [-0.2, 0) is 24.9 Å². The maximum absolute atomic E-state index is 14.6. The molecule has 5 rings (SSSR count). The standard InChI is InChI=1S/C25H26ClFN4.ClH/c1-5-14-8-7-9-15(6-2)22(14)31-23(17-12-29-25(3,4)24(17)30-31)16-10-11-19(27)21-20(16)18(26)13-28-21;/h7-11,13,28-29H,5-6,12H2,1-4H3;1H. The van der Waals surface area contributed by atoms with Crippen molar-refractivity contribution < 1.29 is 4.39 Å². The second kappa shape index (κ2) is 8.22. The number of aryl methyl sites for hydroxylation is 2. The lowest BCUT2D eigenvalue weighted by atomic mass is 9.97. The summed E-state index contributed by atoms with van der Waals surface area (Å²) >= 11 is 6.55. The van der Waals surface area contributed by atoms with E-state index in [0.29, 0.717) is 22.5 Å². The highest BCUT2D eigenvalue weighted by Gasteiger charge is 2.37. The van der Waals surface area contributed by atoms with Crippen molar-refractivity contribution in [3.05, 3.63) is 69.8 Å². The molecule has 1 aliphatic rings. The van der Waals surface area contributed by atoms with Gasteiger partial charge in [0, 0.05) is 29.3 Å². The molecular formula is C25H27Cl2FN4. The molecule has 2 N–H and O–H groups in total. The Morgan fingerprint density at radius 2 is 1.81 bits per heavy atom. The van der Waals surface area contributed by atoms with Crippen LogP contribution in [-0.4, -0.2) is 14.8 Å². The van der Waals surface area contributed by atoms with Gasteiger partial charge in [-0.2, -0.15) is 5.10 Å². The molecule has 168 valence electrons. The number of fused-ring (bicyclic) bond motifs is 2. The van der Waals surface area contributed by atoms with Gasteiger partial charge < -0.3 is 10.3 Å². The number of hydrogen-bond donors (Lipinski definition) is 2. The number of aromatic amines is 1. The van der Waals surface area contributed by atoms with E-state index in [0.717, 1.165) is 41.0 Å². The molecule has 7 heteroatoms. The number of benzene rings is 2. The van der Waals surface area contributed by atoms with Gasteiger partial charge in [-0.3, -0.25) is 0 Å². The molecule has 0 bridgehead atoms. The van der Waals surface area contributed by atoms with Crippen molar-refractivity contribution in [1.29, 1.82) is 0 Å². The molecule has 32 heavy (non-hydrogen) atoms. The van der Waals surface area contributed by atoms with Crippen LogP contribution >= 0.6 is 24.0 Å². The smallest absolute Gasteiger partial charge is 0.147 e. The van der Waals surface area contributed by atoms with E-state index in [1.54, 1.807) is 6.20 Å². The highest BCUT2D eigenvalue weighted by atomic mass is 35.5. The molecule has 2 aromatic carbocycles. The van der Waals surface area contributed by atoms with Gasteiger partial charge in [-0.25, -0.2) is 9.07 Å². The van der Waals surface area contributed by atoms with Crippen molar-refractivity contribution in [2.24, 2.45) is 0 Å². The molecule has 0 radical (unpaired) electrons. The molecule has 0 unspecified atom stereocenters. The fourth-order valence-electron chi connectivity index (χ4n) is 4.81. The summed E-state index contributed by atoms with van der Waals surface area (Å²) in [6.45, 7) is 9.33. The predicted molar refractivity (Wildman–Crippen MR) is 132 cm³/mol. The minimum atomic E-state index is -0.310. The van der Waals surface area contributed by atoms with Crippen molar-refractivity contribution in [3.8, 4) is 16.9 Å². The third-order valence-corrected chi connectivity index (χ3v) is 6.75. The van der Waals surface area contributed by atoms with E-state index in [4.69, 9.17) is 16.7 Å².